The van der Waals surface area contributed by atoms with Crippen molar-refractivity contribution in [3.63, 3.8) is 0 Å². The zero-order valence-corrected chi connectivity index (χ0v) is 32.5. The lowest BCUT2D eigenvalue weighted by Crippen LogP contribution is -2.61. The number of hydrogen-bond donors (Lipinski definition) is 0. The van der Waals surface area contributed by atoms with Gasteiger partial charge >= 0.3 is 0 Å². The Balaban J connectivity index is 1.42. The Bertz CT molecular complexity index is 2280. The lowest BCUT2D eigenvalue weighted by atomic mass is 9.33. The van der Waals surface area contributed by atoms with Crippen molar-refractivity contribution in [1.29, 1.82) is 0 Å². The van der Waals surface area contributed by atoms with Crippen LogP contribution < -0.4 is 45.1 Å². The van der Waals surface area contributed by atoms with Crippen molar-refractivity contribution in [3.05, 3.63) is 102 Å². The topological polar surface area (TPSA) is 43.4 Å². The second-order valence-electron chi connectivity index (χ2n) is 17.9. The molecule has 5 aromatic rings. The molecule has 4 heterocycles. The lowest BCUT2D eigenvalue weighted by molar-refractivity contribution is 0.171. The molecule has 0 spiro atoms. The summed E-state index contributed by atoms with van der Waals surface area (Å²) >= 11 is 0. The Labute approximate surface area is 314 Å². The van der Waals surface area contributed by atoms with Crippen LogP contribution in [0.1, 0.15) is 79.0 Å². The number of ether oxygens (including phenoxy) is 4. The summed E-state index contributed by atoms with van der Waals surface area (Å²) in [4.78, 5) is 4.88. The average molecular weight is 705 g/mol. The first kappa shape index (κ1) is 33.8. The van der Waals surface area contributed by atoms with Crippen molar-refractivity contribution in [2.75, 3.05) is 36.2 Å². The van der Waals surface area contributed by atoms with Crippen molar-refractivity contribution in [2.24, 2.45) is 0 Å². The molecule has 9 rings (SSSR count). The fraction of sp³-hybridized carbons (Fsp3) is 0.348. The maximum absolute atomic E-state index is 6.62. The van der Waals surface area contributed by atoms with Crippen molar-refractivity contribution in [1.82, 2.24) is 0 Å². The van der Waals surface area contributed by atoms with Gasteiger partial charge in [0.25, 0.3) is 6.71 Å². The Hall–Kier alpha value is -5.04. The van der Waals surface area contributed by atoms with Gasteiger partial charge in [0.15, 0.2) is 23.0 Å². The average Bonchev–Trinajstić information content (AvgIpc) is 3.13. The van der Waals surface area contributed by atoms with Crippen LogP contribution in [0.25, 0.3) is 0 Å². The van der Waals surface area contributed by atoms with Crippen LogP contribution in [0.4, 0.5) is 34.1 Å². The molecule has 0 atom stereocenters. The molecule has 4 aliphatic rings. The SMILES string of the molecule is CC(C)(C)c1ccc(N2c3ccc(C(C)(C)C)cc3B3c4ccc5c(c4N(c4cccc6c4OCCO6)c4cc(C(C)(C)C)cc2c43)OCCO5)cc1. The van der Waals surface area contributed by atoms with Crippen molar-refractivity contribution in [3.8, 4) is 23.0 Å². The van der Waals surface area contributed by atoms with E-state index in [1.807, 2.05) is 6.07 Å². The fourth-order valence-corrected chi connectivity index (χ4v) is 8.36. The molecule has 0 N–H and O–H groups in total. The minimum atomic E-state index is -0.142. The summed E-state index contributed by atoms with van der Waals surface area (Å²) < 4.78 is 25.6. The summed E-state index contributed by atoms with van der Waals surface area (Å²) in [6.45, 7) is 22.6. The van der Waals surface area contributed by atoms with Gasteiger partial charge in [-0.25, -0.2) is 0 Å². The van der Waals surface area contributed by atoms with Gasteiger partial charge in [-0.3, -0.25) is 0 Å². The summed E-state index contributed by atoms with van der Waals surface area (Å²) in [6.07, 6.45) is 0. The van der Waals surface area contributed by atoms with E-state index in [2.05, 4.69) is 151 Å². The molecular formula is C46H49BN2O4. The van der Waals surface area contributed by atoms with Gasteiger partial charge in [0.2, 0.25) is 0 Å². The van der Waals surface area contributed by atoms with E-state index in [9.17, 15) is 0 Å². The normalized spacial score (nSPS) is 15.8. The molecule has 6 nitrogen and oxygen atoms in total. The van der Waals surface area contributed by atoms with Gasteiger partial charge in [0.05, 0.1) is 11.4 Å². The molecule has 270 valence electrons. The van der Waals surface area contributed by atoms with Crippen LogP contribution in [0.3, 0.4) is 0 Å². The van der Waals surface area contributed by atoms with E-state index in [4.69, 9.17) is 18.9 Å². The van der Waals surface area contributed by atoms with Crippen LogP contribution in [0.2, 0.25) is 0 Å². The van der Waals surface area contributed by atoms with Crippen molar-refractivity contribution >= 4 is 57.2 Å². The summed E-state index contributed by atoms with van der Waals surface area (Å²) in [5, 5.41) is 0. The number of hydrogen-bond acceptors (Lipinski definition) is 6. The summed E-state index contributed by atoms with van der Waals surface area (Å²) in [5.74, 6) is 3.03. The van der Waals surface area contributed by atoms with E-state index in [0.717, 1.165) is 45.7 Å². The van der Waals surface area contributed by atoms with Crippen LogP contribution in [0, 0.1) is 0 Å². The molecule has 0 aromatic heterocycles. The minimum absolute atomic E-state index is 0.0375. The van der Waals surface area contributed by atoms with Gasteiger partial charge in [-0.15, -0.1) is 0 Å². The number of rotatable bonds is 2. The fourth-order valence-electron chi connectivity index (χ4n) is 8.36. The van der Waals surface area contributed by atoms with E-state index in [0.29, 0.717) is 26.4 Å². The predicted molar refractivity (Wildman–Crippen MR) is 219 cm³/mol. The summed E-state index contributed by atoms with van der Waals surface area (Å²) in [7, 11) is 0. The van der Waals surface area contributed by atoms with E-state index in [1.165, 1.54) is 44.5 Å². The number of anilines is 6. The minimum Gasteiger partial charge on any atom is -0.486 e. The maximum Gasteiger partial charge on any atom is 0.252 e. The standard InChI is InChI=1S/C46H49BN2O4/c1-44(2,3)28-13-16-31(17-14-28)48-34-19-15-29(45(4,5)6)25-33(34)47-32-18-20-39-43(53-24-22-51-39)41(32)49(35-11-10-12-38-42(35)52-23-21-50-38)37-27-30(46(7,8)9)26-36(48)40(37)47/h10-20,25-27H,21-24H2,1-9H3. The molecule has 0 bridgehead atoms. The molecule has 0 saturated heterocycles. The van der Waals surface area contributed by atoms with Crippen LogP contribution in [-0.2, 0) is 16.2 Å². The van der Waals surface area contributed by atoms with E-state index < -0.39 is 0 Å². The van der Waals surface area contributed by atoms with Gasteiger partial charge in [-0.05, 0) is 97.9 Å². The molecule has 0 unspecified atom stereocenters. The highest BCUT2D eigenvalue weighted by Crippen LogP contribution is 2.54. The first-order valence-corrected chi connectivity index (χ1v) is 19.0. The number of nitrogens with zero attached hydrogens (tertiary/aromatic N) is 2. The number of para-hydroxylation sites is 1. The van der Waals surface area contributed by atoms with Gasteiger partial charge in [0, 0.05) is 22.7 Å². The van der Waals surface area contributed by atoms with Gasteiger partial charge in [0.1, 0.15) is 26.4 Å². The largest absolute Gasteiger partial charge is 0.486 e. The molecule has 7 heteroatoms. The van der Waals surface area contributed by atoms with Crippen LogP contribution in [0.15, 0.2) is 84.9 Å². The predicted octanol–water partition coefficient (Wildman–Crippen LogP) is 9.20. The number of benzene rings is 5. The zero-order chi connectivity index (χ0) is 37.0. The summed E-state index contributed by atoms with van der Waals surface area (Å²) in [5.41, 5.74) is 14.0. The lowest BCUT2D eigenvalue weighted by Gasteiger charge is -2.46. The Morgan fingerprint density at radius 3 is 1.72 bits per heavy atom. The molecule has 0 aliphatic carbocycles. The van der Waals surface area contributed by atoms with Gasteiger partial charge < -0.3 is 28.7 Å². The molecule has 0 saturated carbocycles. The smallest absolute Gasteiger partial charge is 0.252 e. The quantitative estimate of drug-likeness (QED) is 0.167. The van der Waals surface area contributed by atoms with Crippen LogP contribution >= 0.6 is 0 Å². The third-order valence-corrected chi connectivity index (χ3v) is 11.2. The van der Waals surface area contributed by atoms with Crippen LogP contribution in [0.5, 0.6) is 23.0 Å². The highest BCUT2D eigenvalue weighted by Gasteiger charge is 2.47. The number of fused-ring (bicyclic) bond motifs is 7. The first-order chi connectivity index (χ1) is 25.2. The Morgan fingerprint density at radius 2 is 1.06 bits per heavy atom. The highest BCUT2D eigenvalue weighted by molar-refractivity contribution is 7.00. The third kappa shape index (κ3) is 5.37. The van der Waals surface area contributed by atoms with Crippen LogP contribution in [-0.4, -0.2) is 33.1 Å². The Kier molecular flexibility index (Phi) is 7.48. The van der Waals surface area contributed by atoms with Gasteiger partial charge in [-0.1, -0.05) is 98.7 Å². The monoisotopic (exact) mass is 704 g/mol. The molecule has 0 amide bonds. The molecule has 4 aliphatic heterocycles. The van der Waals surface area contributed by atoms with Crippen molar-refractivity contribution < 1.29 is 18.9 Å². The molecule has 0 radical (unpaired) electrons. The zero-order valence-electron chi connectivity index (χ0n) is 32.5. The van der Waals surface area contributed by atoms with E-state index in [1.54, 1.807) is 0 Å². The first-order valence-electron chi connectivity index (χ1n) is 19.0. The third-order valence-electron chi connectivity index (χ3n) is 11.2. The highest BCUT2D eigenvalue weighted by atomic mass is 16.6. The van der Waals surface area contributed by atoms with E-state index >= 15 is 0 Å². The Morgan fingerprint density at radius 1 is 0.472 bits per heavy atom. The second kappa shape index (κ2) is 11.7. The van der Waals surface area contributed by atoms with Gasteiger partial charge in [-0.2, -0.15) is 0 Å². The van der Waals surface area contributed by atoms with E-state index in [-0.39, 0.29) is 23.0 Å². The maximum atomic E-state index is 6.62. The second-order valence-corrected chi connectivity index (χ2v) is 17.9. The molecular weight excluding hydrogens is 655 g/mol. The molecule has 53 heavy (non-hydrogen) atoms. The van der Waals surface area contributed by atoms with Crippen molar-refractivity contribution in [2.45, 2.75) is 78.6 Å². The summed E-state index contributed by atoms with van der Waals surface area (Å²) in [6, 6.07) is 31.7. The molecule has 5 aromatic carbocycles. The molecule has 0 fully saturated rings.